The van der Waals surface area contributed by atoms with Crippen LogP contribution < -0.4 is 0 Å². The first kappa shape index (κ1) is 15.1. The van der Waals surface area contributed by atoms with Crippen LogP contribution in [0, 0.1) is 0 Å². The van der Waals surface area contributed by atoms with Gasteiger partial charge in [0.15, 0.2) is 5.78 Å². The molecule has 0 N–H and O–H groups in total. The zero-order valence-corrected chi connectivity index (χ0v) is 12.3. The molecule has 1 heterocycles. The first-order chi connectivity index (χ1) is 8.35. The lowest BCUT2D eigenvalue weighted by Gasteiger charge is -2.35. The average molecular weight is 271 g/mol. The predicted molar refractivity (Wildman–Crippen MR) is 73.9 cm³/mol. The number of nitrogens with zero attached hydrogens (tertiary/aromatic N) is 1. The predicted octanol–water partition coefficient (Wildman–Crippen LogP) is 2.48. The van der Waals surface area contributed by atoms with E-state index < -0.39 is 17.7 Å². The summed E-state index contributed by atoms with van der Waals surface area (Å²) in [5, 5.41) is 0. The van der Waals surface area contributed by atoms with Gasteiger partial charge in [0.25, 0.3) is 0 Å². The van der Waals surface area contributed by atoms with E-state index in [1.807, 2.05) is 20.8 Å². The number of amides is 1. The molecule has 0 saturated carbocycles. The molecule has 0 aromatic carbocycles. The minimum absolute atomic E-state index is 0.0319. The number of carbonyl (C=O) groups excluding carboxylic acids is 2. The van der Waals surface area contributed by atoms with E-state index in [-0.39, 0.29) is 5.78 Å². The van der Waals surface area contributed by atoms with E-state index in [9.17, 15) is 9.59 Å². The molecule has 1 aliphatic rings. The molecule has 102 valence electrons. The van der Waals surface area contributed by atoms with E-state index in [2.05, 4.69) is 0 Å². The van der Waals surface area contributed by atoms with E-state index in [1.54, 1.807) is 29.7 Å². The fourth-order valence-corrected chi connectivity index (χ4v) is 2.71. The Balaban J connectivity index is 2.76. The van der Waals surface area contributed by atoms with Gasteiger partial charge in [-0.15, -0.1) is 0 Å². The first-order valence-corrected chi connectivity index (χ1v) is 7.24. The number of ketones is 1. The van der Waals surface area contributed by atoms with Crippen LogP contribution in [0.25, 0.3) is 0 Å². The van der Waals surface area contributed by atoms with E-state index in [0.717, 1.165) is 5.75 Å². The molecule has 4 nitrogen and oxygen atoms in total. The van der Waals surface area contributed by atoms with Gasteiger partial charge in [-0.2, -0.15) is 11.8 Å². The van der Waals surface area contributed by atoms with E-state index in [1.165, 1.54) is 6.08 Å². The highest BCUT2D eigenvalue weighted by molar-refractivity contribution is 7.99. The Labute approximate surface area is 113 Å². The Kier molecular flexibility index (Phi) is 5.26. The second kappa shape index (κ2) is 6.27. The number of thioether (sulfide) groups is 1. The minimum atomic E-state index is -0.532. The van der Waals surface area contributed by atoms with Gasteiger partial charge in [0.05, 0.1) is 0 Å². The number of ether oxygens (including phenoxy) is 1. The Bertz CT molecular complexity index is 347. The summed E-state index contributed by atoms with van der Waals surface area (Å²) in [7, 11) is 0. The maximum atomic E-state index is 12.1. The van der Waals surface area contributed by atoms with Crippen LogP contribution in [0.15, 0.2) is 12.2 Å². The van der Waals surface area contributed by atoms with Gasteiger partial charge in [0, 0.05) is 18.1 Å². The monoisotopic (exact) mass is 271 g/mol. The Hall–Kier alpha value is -0.970. The van der Waals surface area contributed by atoms with Gasteiger partial charge < -0.3 is 4.74 Å². The van der Waals surface area contributed by atoms with Crippen molar-refractivity contribution in [2.45, 2.75) is 39.3 Å². The van der Waals surface area contributed by atoms with Crippen molar-refractivity contribution < 1.29 is 14.3 Å². The minimum Gasteiger partial charge on any atom is -0.444 e. The van der Waals surface area contributed by atoms with E-state index in [4.69, 9.17) is 4.74 Å². The van der Waals surface area contributed by atoms with Crippen LogP contribution in [0.2, 0.25) is 0 Å². The van der Waals surface area contributed by atoms with E-state index >= 15 is 0 Å². The van der Waals surface area contributed by atoms with Gasteiger partial charge >= 0.3 is 6.09 Å². The van der Waals surface area contributed by atoms with Crippen LogP contribution in [-0.2, 0) is 9.53 Å². The molecule has 1 saturated heterocycles. The van der Waals surface area contributed by atoms with Gasteiger partial charge in [-0.1, -0.05) is 6.08 Å². The molecule has 5 heteroatoms. The summed E-state index contributed by atoms with van der Waals surface area (Å²) >= 11 is 1.69. The molecular weight excluding hydrogens is 250 g/mol. The van der Waals surface area contributed by atoms with Crippen molar-refractivity contribution in [2.24, 2.45) is 0 Å². The molecule has 1 rings (SSSR count). The van der Waals surface area contributed by atoms with Crippen LogP contribution >= 0.6 is 11.8 Å². The molecule has 0 aromatic heterocycles. The summed E-state index contributed by atoms with van der Waals surface area (Å²) < 4.78 is 5.34. The summed E-state index contributed by atoms with van der Waals surface area (Å²) in [5.74, 6) is 1.46. The zero-order valence-electron chi connectivity index (χ0n) is 11.4. The molecule has 1 atom stereocenters. The quantitative estimate of drug-likeness (QED) is 0.724. The van der Waals surface area contributed by atoms with Crippen molar-refractivity contribution in [2.75, 3.05) is 18.1 Å². The largest absolute Gasteiger partial charge is 0.444 e. The molecule has 0 radical (unpaired) electrons. The number of hydrogen-bond acceptors (Lipinski definition) is 4. The highest BCUT2D eigenvalue weighted by Crippen LogP contribution is 2.20. The lowest BCUT2D eigenvalue weighted by molar-refractivity contribution is -0.119. The Morgan fingerprint density at radius 2 is 2.06 bits per heavy atom. The molecule has 1 unspecified atom stereocenters. The summed E-state index contributed by atoms with van der Waals surface area (Å²) in [5.41, 5.74) is -0.532. The maximum absolute atomic E-state index is 12.1. The SMILES string of the molecule is C/C=C/C(=O)C1CSCCN1C(=O)OC(C)(C)C. The lowest BCUT2D eigenvalue weighted by atomic mass is 10.1. The molecule has 1 aliphatic heterocycles. The Morgan fingerprint density at radius 3 is 2.61 bits per heavy atom. The van der Waals surface area contributed by atoms with Gasteiger partial charge in [0.1, 0.15) is 11.6 Å². The van der Waals surface area contributed by atoms with Crippen molar-refractivity contribution in [3.8, 4) is 0 Å². The molecule has 1 amide bonds. The molecule has 0 aromatic rings. The summed E-state index contributed by atoms with van der Waals surface area (Å²) in [4.78, 5) is 25.5. The van der Waals surface area contributed by atoms with E-state index in [0.29, 0.717) is 12.3 Å². The molecule has 0 aliphatic carbocycles. The lowest BCUT2D eigenvalue weighted by Crippen LogP contribution is -2.51. The summed E-state index contributed by atoms with van der Waals surface area (Å²) in [6, 6.07) is -0.394. The fraction of sp³-hybridized carbons (Fsp3) is 0.692. The highest BCUT2D eigenvalue weighted by atomic mass is 32.2. The standard InChI is InChI=1S/C13H21NO3S/c1-5-6-11(15)10-9-18-8-7-14(10)12(16)17-13(2,3)4/h5-6,10H,7-9H2,1-4H3/b6-5+. The smallest absolute Gasteiger partial charge is 0.410 e. The van der Waals surface area contributed by atoms with Gasteiger partial charge in [-0.3, -0.25) is 9.69 Å². The Morgan fingerprint density at radius 1 is 1.39 bits per heavy atom. The maximum Gasteiger partial charge on any atom is 0.410 e. The molecule has 0 bridgehead atoms. The topological polar surface area (TPSA) is 46.6 Å². The van der Waals surface area contributed by atoms with Crippen molar-refractivity contribution in [1.29, 1.82) is 0 Å². The summed E-state index contributed by atoms with van der Waals surface area (Å²) in [6.07, 6.45) is 2.83. The molecule has 0 spiro atoms. The van der Waals surface area contributed by atoms with Crippen LogP contribution in [0.4, 0.5) is 4.79 Å². The number of hydrogen-bond donors (Lipinski definition) is 0. The fourth-order valence-electron chi connectivity index (χ4n) is 1.65. The highest BCUT2D eigenvalue weighted by Gasteiger charge is 2.33. The summed E-state index contributed by atoms with van der Waals surface area (Å²) in [6.45, 7) is 7.84. The average Bonchev–Trinajstić information content (AvgIpc) is 2.27. The van der Waals surface area contributed by atoms with Crippen molar-refractivity contribution in [3.63, 3.8) is 0 Å². The van der Waals surface area contributed by atoms with Crippen molar-refractivity contribution in [3.05, 3.63) is 12.2 Å². The third kappa shape index (κ3) is 4.37. The first-order valence-electron chi connectivity index (χ1n) is 6.09. The van der Waals surface area contributed by atoms with Crippen LogP contribution in [0.3, 0.4) is 0 Å². The second-order valence-corrected chi connectivity index (χ2v) is 6.32. The third-order valence-corrected chi connectivity index (χ3v) is 3.44. The third-order valence-electron chi connectivity index (χ3n) is 2.42. The molecular formula is C13H21NO3S. The number of rotatable bonds is 2. The number of allylic oxidation sites excluding steroid dienone is 1. The van der Waals surface area contributed by atoms with Crippen LogP contribution in [0.5, 0.6) is 0 Å². The molecule has 18 heavy (non-hydrogen) atoms. The molecule has 1 fully saturated rings. The second-order valence-electron chi connectivity index (χ2n) is 5.17. The number of carbonyl (C=O) groups is 2. The van der Waals surface area contributed by atoms with Crippen LogP contribution in [-0.4, -0.2) is 46.5 Å². The van der Waals surface area contributed by atoms with Crippen LogP contribution in [0.1, 0.15) is 27.7 Å². The van der Waals surface area contributed by atoms with Gasteiger partial charge in [-0.05, 0) is 33.8 Å². The van der Waals surface area contributed by atoms with Crippen molar-refractivity contribution >= 4 is 23.6 Å². The van der Waals surface area contributed by atoms with Gasteiger partial charge in [0.2, 0.25) is 0 Å². The van der Waals surface area contributed by atoms with Crippen molar-refractivity contribution in [1.82, 2.24) is 4.90 Å². The normalized spacial score (nSPS) is 21.1. The van der Waals surface area contributed by atoms with Gasteiger partial charge in [-0.25, -0.2) is 4.79 Å². The zero-order chi connectivity index (χ0) is 13.8.